The Hall–Kier alpha value is -2.22. The van der Waals surface area contributed by atoms with Crippen molar-refractivity contribution in [3.63, 3.8) is 0 Å². The summed E-state index contributed by atoms with van der Waals surface area (Å²) in [4.78, 5) is 16.4. The molecule has 0 aromatic carbocycles. The largest absolute Gasteiger partial charge is 0.480 e. The predicted octanol–water partition coefficient (Wildman–Crippen LogP) is 1.32. The number of aromatic nitrogens is 4. The van der Waals surface area contributed by atoms with E-state index >= 15 is 0 Å². The van der Waals surface area contributed by atoms with Crippen LogP contribution in [0.2, 0.25) is 0 Å². The maximum Gasteiger partial charge on any atom is 0.231 e. The zero-order chi connectivity index (χ0) is 17.9. The second-order valence-corrected chi connectivity index (χ2v) is 7.16. The first-order chi connectivity index (χ1) is 12.7. The number of hydrogen-bond acceptors (Lipinski definition) is 6. The van der Waals surface area contributed by atoms with E-state index in [1.807, 2.05) is 15.5 Å². The van der Waals surface area contributed by atoms with Gasteiger partial charge in [0.05, 0.1) is 7.11 Å². The van der Waals surface area contributed by atoms with E-state index in [4.69, 9.17) is 4.74 Å². The molecule has 1 amide bonds. The van der Waals surface area contributed by atoms with Gasteiger partial charge in [-0.05, 0) is 44.8 Å². The Bertz CT molecular complexity index is 768. The average molecular weight is 358 g/mol. The minimum Gasteiger partial charge on any atom is -0.480 e. The lowest BCUT2D eigenvalue weighted by Gasteiger charge is -2.34. The Kier molecular flexibility index (Phi) is 5.01. The van der Waals surface area contributed by atoms with Crippen molar-refractivity contribution in [3.05, 3.63) is 18.0 Å². The van der Waals surface area contributed by atoms with Crippen molar-refractivity contribution in [2.45, 2.75) is 38.0 Å². The number of carbonyl (C=O) groups excluding carboxylic acids is 1. The predicted molar refractivity (Wildman–Crippen MR) is 96.2 cm³/mol. The highest BCUT2D eigenvalue weighted by Crippen LogP contribution is 2.27. The molecule has 26 heavy (non-hydrogen) atoms. The van der Waals surface area contributed by atoms with E-state index in [0.717, 1.165) is 76.3 Å². The van der Waals surface area contributed by atoms with Crippen LogP contribution in [0, 0.1) is 0 Å². The Balaban J connectivity index is 1.34. The summed E-state index contributed by atoms with van der Waals surface area (Å²) in [5, 5.41) is 13.1. The molecule has 2 aliphatic heterocycles. The van der Waals surface area contributed by atoms with Crippen LogP contribution in [-0.4, -0.2) is 75.4 Å². The van der Waals surface area contributed by atoms with Gasteiger partial charge < -0.3 is 14.5 Å². The lowest BCUT2D eigenvalue weighted by atomic mass is 9.96. The molecule has 0 bridgehead atoms. The van der Waals surface area contributed by atoms with Gasteiger partial charge in [0.1, 0.15) is 0 Å². The van der Waals surface area contributed by atoms with Gasteiger partial charge in [-0.2, -0.15) is 4.52 Å². The highest BCUT2D eigenvalue weighted by Gasteiger charge is 2.26. The Labute approximate surface area is 153 Å². The van der Waals surface area contributed by atoms with E-state index in [1.165, 1.54) is 0 Å². The van der Waals surface area contributed by atoms with Crippen molar-refractivity contribution in [1.82, 2.24) is 29.6 Å². The van der Waals surface area contributed by atoms with Crippen molar-refractivity contribution in [2.75, 3.05) is 39.8 Å². The molecule has 2 fully saturated rings. The molecule has 0 radical (unpaired) electrons. The summed E-state index contributed by atoms with van der Waals surface area (Å²) in [5.41, 5.74) is 0.756. The molecular formula is C18H26N6O2. The number of hydrogen-bond donors (Lipinski definition) is 0. The van der Waals surface area contributed by atoms with Crippen LogP contribution in [0.3, 0.4) is 0 Å². The third-order valence-corrected chi connectivity index (χ3v) is 5.53. The van der Waals surface area contributed by atoms with Gasteiger partial charge in [0.25, 0.3) is 0 Å². The van der Waals surface area contributed by atoms with Gasteiger partial charge in [-0.3, -0.25) is 4.79 Å². The van der Waals surface area contributed by atoms with Gasteiger partial charge in [-0.15, -0.1) is 15.3 Å². The first-order valence-electron chi connectivity index (χ1n) is 9.51. The van der Waals surface area contributed by atoms with E-state index in [1.54, 1.807) is 13.2 Å². The lowest BCUT2D eigenvalue weighted by molar-refractivity contribution is -0.133. The number of fused-ring (bicyclic) bond motifs is 1. The second-order valence-electron chi connectivity index (χ2n) is 7.16. The minimum absolute atomic E-state index is 0.320. The van der Waals surface area contributed by atoms with Crippen LogP contribution in [-0.2, 0) is 4.79 Å². The van der Waals surface area contributed by atoms with E-state index in [9.17, 15) is 4.79 Å². The zero-order valence-electron chi connectivity index (χ0n) is 15.3. The number of likely N-dealkylation sites (tertiary alicyclic amines) is 2. The monoisotopic (exact) mass is 358 g/mol. The quantitative estimate of drug-likeness (QED) is 0.802. The number of ether oxygens (including phenoxy) is 1. The van der Waals surface area contributed by atoms with E-state index in [-0.39, 0.29) is 0 Å². The van der Waals surface area contributed by atoms with E-state index in [2.05, 4.69) is 20.2 Å². The van der Waals surface area contributed by atoms with Crippen LogP contribution in [0.1, 0.15) is 43.8 Å². The maximum absolute atomic E-state index is 11.9. The third-order valence-electron chi connectivity index (χ3n) is 5.53. The standard InChI is InChI=1S/C18H26N6O2/c1-26-16-6-5-15-19-20-18(24(15)21-16)14-7-10-22(11-8-14)12-13-23-9-3-2-4-17(23)25/h5-6,14H,2-4,7-13H2,1H3. The van der Waals surface area contributed by atoms with Crippen molar-refractivity contribution < 1.29 is 9.53 Å². The molecule has 2 aromatic heterocycles. The summed E-state index contributed by atoms with van der Waals surface area (Å²) in [6, 6.07) is 3.69. The van der Waals surface area contributed by atoms with Crippen molar-refractivity contribution in [2.24, 2.45) is 0 Å². The smallest absolute Gasteiger partial charge is 0.231 e. The molecule has 0 spiro atoms. The molecule has 4 heterocycles. The maximum atomic E-state index is 11.9. The molecular weight excluding hydrogens is 332 g/mol. The highest BCUT2D eigenvalue weighted by molar-refractivity contribution is 5.76. The number of amides is 1. The number of rotatable bonds is 5. The molecule has 8 heteroatoms. The second kappa shape index (κ2) is 7.57. The first-order valence-corrected chi connectivity index (χ1v) is 9.51. The van der Waals surface area contributed by atoms with Crippen molar-refractivity contribution in [1.29, 1.82) is 0 Å². The van der Waals surface area contributed by atoms with Gasteiger partial charge in [-0.1, -0.05) is 0 Å². The summed E-state index contributed by atoms with van der Waals surface area (Å²) in [6.45, 7) is 4.78. The van der Waals surface area contributed by atoms with Gasteiger partial charge in [0, 0.05) is 38.0 Å². The van der Waals surface area contributed by atoms with Crippen LogP contribution in [0.5, 0.6) is 5.88 Å². The topological polar surface area (TPSA) is 75.9 Å². The molecule has 140 valence electrons. The molecule has 4 rings (SSSR count). The molecule has 0 atom stereocenters. The van der Waals surface area contributed by atoms with Gasteiger partial charge >= 0.3 is 0 Å². The molecule has 2 aromatic rings. The molecule has 0 saturated carbocycles. The van der Waals surface area contributed by atoms with Crippen LogP contribution in [0.15, 0.2) is 12.1 Å². The summed E-state index contributed by atoms with van der Waals surface area (Å²) >= 11 is 0. The SMILES string of the molecule is COc1ccc2nnc(C3CCN(CCN4CCCCC4=O)CC3)n2n1. The number of piperidine rings is 2. The summed E-state index contributed by atoms with van der Waals surface area (Å²) in [5.74, 6) is 2.17. The molecule has 0 N–H and O–H groups in total. The van der Waals surface area contributed by atoms with Crippen molar-refractivity contribution in [3.8, 4) is 5.88 Å². The van der Waals surface area contributed by atoms with Crippen LogP contribution >= 0.6 is 0 Å². The number of methoxy groups -OCH3 is 1. The lowest BCUT2D eigenvalue weighted by Crippen LogP contribution is -2.43. The van der Waals surface area contributed by atoms with Crippen LogP contribution in [0.4, 0.5) is 0 Å². The fraction of sp³-hybridized carbons (Fsp3) is 0.667. The highest BCUT2D eigenvalue weighted by atomic mass is 16.5. The first kappa shape index (κ1) is 17.2. The van der Waals surface area contributed by atoms with E-state index < -0.39 is 0 Å². The normalized spacial score (nSPS) is 20.0. The zero-order valence-corrected chi connectivity index (χ0v) is 15.3. The molecule has 0 unspecified atom stereocenters. The third kappa shape index (κ3) is 3.51. The van der Waals surface area contributed by atoms with Crippen LogP contribution < -0.4 is 4.74 Å². The number of nitrogens with zero attached hydrogens (tertiary/aromatic N) is 6. The Morgan fingerprint density at radius 3 is 2.73 bits per heavy atom. The van der Waals surface area contributed by atoms with Gasteiger partial charge in [-0.25, -0.2) is 0 Å². The summed E-state index contributed by atoms with van der Waals surface area (Å²) in [6.07, 6.45) is 4.98. The minimum atomic E-state index is 0.320. The average Bonchev–Trinajstić information content (AvgIpc) is 3.11. The van der Waals surface area contributed by atoms with Crippen molar-refractivity contribution >= 4 is 11.6 Å². The van der Waals surface area contributed by atoms with E-state index in [0.29, 0.717) is 17.7 Å². The Morgan fingerprint density at radius 2 is 1.96 bits per heavy atom. The molecule has 2 saturated heterocycles. The summed E-state index contributed by atoms with van der Waals surface area (Å²) in [7, 11) is 1.61. The van der Waals surface area contributed by atoms with Gasteiger partial charge in [0.15, 0.2) is 11.5 Å². The van der Waals surface area contributed by atoms with Crippen LogP contribution in [0.25, 0.3) is 5.65 Å². The fourth-order valence-corrected chi connectivity index (χ4v) is 3.93. The number of carbonyl (C=O) groups is 1. The molecule has 2 aliphatic rings. The Morgan fingerprint density at radius 1 is 1.12 bits per heavy atom. The fourth-order valence-electron chi connectivity index (χ4n) is 3.93. The molecule has 8 nitrogen and oxygen atoms in total. The van der Waals surface area contributed by atoms with Gasteiger partial charge in [0.2, 0.25) is 11.8 Å². The summed E-state index contributed by atoms with van der Waals surface area (Å²) < 4.78 is 7.03. The molecule has 0 aliphatic carbocycles.